The molecule has 0 atom stereocenters. The van der Waals surface area contributed by atoms with Crippen molar-refractivity contribution >= 4 is 17.7 Å². The smallest absolute Gasteiger partial charge is 0.346 e. The van der Waals surface area contributed by atoms with E-state index in [2.05, 4.69) is 10.4 Å². The second-order valence-corrected chi connectivity index (χ2v) is 7.50. The van der Waals surface area contributed by atoms with Crippen LogP contribution in [0, 0.1) is 0 Å². The molecule has 158 valence electrons. The molecule has 1 aromatic carbocycles. The zero-order valence-corrected chi connectivity index (χ0v) is 16.5. The van der Waals surface area contributed by atoms with Crippen LogP contribution in [0.15, 0.2) is 51.9 Å². The summed E-state index contributed by atoms with van der Waals surface area (Å²) in [6, 6.07) is 10.1. The highest BCUT2D eigenvalue weighted by Gasteiger charge is 2.36. The molecule has 0 bridgehead atoms. The zero-order chi connectivity index (χ0) is 21.5. The largest absolute Gasteiger partial charge is 0.461 e. The summed E-state index contributed by atoms with van der Waals surface area (Å²) in [7, 11) is 0. The molecule has 5 rings (SSSR count). The van der Waals surface area contributed by atoms with Crippen molar-refractivity contribution in [2.75, 3.05) is 13.1 Å². The number of imide groups is 1. The predicted octanol–water partition coefficient (Wildman–Crippen LogP) is 1.05. The lowest BCUT2D eigenvalue weighted by molar-refractivity contribution is -0.121. The Kier molecular flexibility index (Phi) is 4.54. The number of amides is 3. The number of carbonyl (C=O) groups excluding carboxylic acids is 3. The molecule has 3 amide bonds. The summed E-state index contributed by atoms with van der Waals surface area (Å²) in [5.41, 5.74) is 0.328. The Balaban J connectivity index is 1.23. The number of hydrogen-bond donors (Lipinski definition) is 1. The van der Waals surface area contributed by atoms with Crippen molar-refractivity contribution < 1.29 is 18.8 Å². The van der Waals surface area contributed by atoms with Gasteiger partial charge in [0.2, 0.25) is 11.7 Å². The third-order valence-electron chi connectivity index (χ3n) is 5.35. The lowest BCUT2D eigenvalue weighted by Crippen LogP contribution is -2.41. The minimum Gasteiger partial charge on any atom is -0.461 e. The first kappa shape index (κ1) is 19.0. The minimum absolute atomic E-state index is 0.116. The number of rotatable bonds is 7. The van der Waals surface area contributed by atoms with Crippen LogP contribution in [0.1, 0.15) is 39.6 Å². The Morgan fingerprint density at radius 3 is 2.39 bits per heavy atom. The number of hydrogen-bond acceptors (Lipinski definition) is 6. The molecular formula is C21H19N5O5. The third-order valence-corrected chi connectivity index (χ3v) is 5.35. The third kappa shape index (κ3) is 3.35. The first-order valence-electron chi connectivity index (χ1n) is 9.99. The molecule has 1 aliphatic carbocycles. The number of furan rings is 1. The molecule has 2 aliphatic rings. The molecule has 0 radical (unpaired) electrons. The van der Waals surface area contributed by atoms with Crippen molar-refractivity contribution in [1.29, 1.82) is 0 Å². The van der Waals surface area contributed by atoms with Gasteiger partial charge in [0.1, 0.15) is 6.54 Å². The van der Waals surface area contributed by atoms with Crippen LogP contribution >= 0.6 is 0 Å². The summed E-state index contributed by atoms with van der Waals surface area (Å²) in [5, 5.41) is 7.01. The van der Waals surface area contributed by atoms with E-state index in [1.165, 1.54) is 10.9 Å². The van der Waals surface area contributed by atoms with E-state index in [-0.39, 0.29) is 31.4 Å². The van der Waals surface area contributed by atoms with Gasteiger partial charge in [-0.25, -0.2) is 9.48 Å². The molecule has 0 saturated heterocycles. The van der Waals surface area contributed by atoms with Gasteiger partial charge in [0.15, 0.2) is 5.76 Å². The van der Waals surface area contributed by atoms with E-state index >= 15 is 0 Å². The summed E-state index contributed by atoms with van der Waals surface area (Å²) in [5.74, 6) is -0.487. The number of benzene rings is 1. The normalized spacial score (nSPS) is 15.4. The lowest BCUT2D eigenvalue weighted by Gasteiger charge is -2.13. The van der Waals surface area contributed by atoms with E-state index in [9.17, 15) is 19.2 Å². The van der Waals surface area contributed by atoms with Crippen molar-refractivity contribution in [1.82, 2.24) is 24.6 Å². The number of carbonyl (C=O) groups is 3. The van der Waals surface area contributed by atoms with Crippen LogP contribution in [0.4, 0.5) is 0 Å². The van der Waals surface area contributed by atoms with E-state index in [0.29, 0.717) is 22.7 Å². The maximum Gasteiger partial charge on any atom is 0.346 e. The van der Waals surface area contributed by atoms with Crippen LogP contribution in [0.25, 0.3) is 11.6 Å². The molecule has 0 unspecified atom stereocenters. The number of fused-ring (bicyclic) bond motifs is 1. The second kappa shape index (κ2) is 7.38. The van der Waals surface area contributed by atoms with Gasteiger partial charge in [0.25, 0.3) is 11.8 Å². The summed E-state index contributed by atoms with van der Waals surface area (Å²) in [4.78, 5) is 50.7. The fraction of sp³-hybridized carbons (Fsp3) is 0.286. The van der Waals surface area contributed by atoms with Gasteiger partial charge in [0.05, 0.1) is 23.9 Å². The topological polar surface area (TPSA) is 119 Å². The Morgan fingerprint density at radius 1 is 1.06 bits per heavy atom. The fourth-order valence-corrected chi connectivity index (χ4v) is 3.69. The highest BCUT2D eigenvalue weighted by Crippen LogP contribution is 2.36. The van der Waals surface area contributed by atoms with E-state index in [0.717, 1.165) is 17.7 Å². The SMILES string of the molecule is O=C(CN1C(=O)c2ccccc2C1=O)NCCn1nc(-c2ccco2)n(C2CC2)c1=O. The highest BCUT2D eigenvalue weighted by molar-refractivity contribution is 6.22. The van der Waals surface area contributed by atoms with Crippen LogP contribution in [0.3, 0.4) is 0 Å². The van der Waals surface area contributed by atoms with Crippen molar-refractivity contribution in [2.24, 2.45) is 0 Å². The van der Waals surface area contributed by atoms with Crippen molar-refractivity contribution in [3.63, 3.8) is 0 Å². The quantitative estimate of drug-likeness (QED) is 0.570. The summed E-state index contributed by atoms with van der Waals surface area (Å²) < 4.78 is 8.31. The number of nitrogens with zero attached hydrogens (tertiary/aromatic N) is 4. The molecule has 1 saturated carbocycles. The summed E-state index contributed by atoms with van der Waals surface area (Å²) in [6.07, 6.45) is 3.35. The van der Waals surface area contributed by atoms with Crippen molar-refractivity contribution in [2.45, 2.75) is 25.4 Å². The zero-order valence-electron chi connectivity index (χ0n) is 16.5. The maximum atomic E-state index is 12.7. The maximum absolute atomic E-state index is 12.7. The molecule has 0 spiro atoms. The second-order valence-electron chi connectivity index (χ2n) is 7.50. The number of aromatic nitrogens is 3. The predicted molar refractivity (Wildman–Crippen MR) is 107 cm³/mol. The Labute approximate surface area is 176 Å². The van der Waals surface area contributed by atoms with Gasteiger partial charge < -0.3 is 9.73 Å². The molecule has 1 N–H and O–H groups in total. The van der Waals surface area contributed by atoms with Gasteiger partial charge in [0, 0.05) is 12.6 Å². The molecule has 1 fully saturated rings. The molecule has 31 heavy (non-hydrogen) atoms. The molecule has 3 aromatic rings. The average molecular weight is 421 g/mol. The lowest BCUT2D eigenvalue weighted by atomic mass is 10.1. The monoisotopic (exact) mass is 421 g/mol. The van der Waals surface area contributed by atoms with E-state index in [1.54, 1.807) is 41.0 Å². The Hall–Kier alpha value is -3.95. The van der Waals surface area contributed by atoms with E-state index < -0.39 is 17.7 Å². The number of nitrogens with one attached hydrogen (secondary N) is 1. The first-order valence-corrected chi connectivity index (χ1v) is 9.99. The van der Waals surface area contributed by atoms with Gasteiger partial charge in [-0.05, 0) is 37.1 Å². The van der Waals surface area contributed by atoms with Crippen molar-refractivity contribution in [3.05, 3.63) is 64.3 Å². The summed E-state index contributed by atoms with van der Waals surface area (Å²) in [6.45, 7) is -0.100. The fourth-order valence-electron chi connectivity index (χ4n) is 3.69. The van der Waals surface area contributed by atoms with Crippen LogP contribution in [0.5, 0.6) is 0 Å². The molecule has 10 nitrogen and oxygen atoms in total. The van der Waals surface area contributed by atoms with Crippen LogP contribution in [-0.4, -0.2) is 50.1 Å². The van der Waals surface area contributed by atoms with Crippen LogP contribution in [-0.2, 0) is 11.3 Å². The van der Waals surface area contributed by atoms with Gasteiger partial charge in [-0.2, -0.15) is 0 Å². The molecule has 1 aliphatic heterocycles. The van der Waals surface area contributed by atoms with E-state index in [4.69, 9.17) is 4.42 Å². The van der Waals surface area contributed by atoms with Gasteiger partial charge in [-0.1, -0.05) is 12.1 Å². The molecule has 10 heteroatoms. The van der Waals surface area contributed by atoms with Crippen molar-refractivity contribution in [3.8, 4) is 11.6 Å². The van der Waals surface area contributed by atoms with Crippen LogP contribution in [0.2, 0.25) is 0 Å². The minimum atomic E-state index is -0.490. The summed E-state index contributed by atoms with van der Waals surface area (Å²) >= 11 is 0. The molecular weight excluding hydrogens is 402 g/mol. The Morgan fingerprint density at radius 2 is 1.77 bits per heavy atom. The highest BCUT2D eigenvalue weighted by atomic mass is 16.3. The molecule has 3 heterocycles. The Bertz CT molecular complexity index is 1200. The van der Waals surface area contributed by atoms with Gasteiger partial charge in [-0.3, -0.25) is 23.9 Å². The van der Waals surface area contributed by atoms with Crippen LogP contribution < -0.4 is 11.0 Å². The van der Waals surface area contributed by atoms with Gasteiger partial charge >= 0.3 is 5.69 Å². The standard InChI is InChI=1S/C21H19N5O5/c27-17(12-24-19(28)14-4-1-2-5-15(14)20(24)29)22-9-10-25-21(30)26(13-7-8-13)18(23-25)16-6-3-11-31-16/h1-6,11,13H,7-10,12H2,(H,22,27). The first-order chi connectivity index (χ1) is 15.0. The average Bonchev–Trinajstić information content (AvgIpc) is 3.26. The molecule has 2 aromatic heterocycles. The van der Waals surface area contributed by atoms with Gasteiger partial charge in [-0.15, -0.1) is 5.10 Å². The van der Waals surface area contributed by atoms with E-state index in [1.807, 2.05) is 0 Å².